The van der Waals surface area contributed by atoms with Crippen LogP contribution in [0.25, 0.3) is 0 Å². The molecule has 0 saturated heterocycles. The molecule has 0 aromatic heterocycles. The third-order valence-electron chi connectivity index (χ3n) is 1.62. The van der Waals surface area contributed by atoms with Gasteiger partial charge in [-0.25, -0.2) is 0 Å². The Balaban J connectivity index is 3.23. The Morgan fingerprint density at radius 3 is 1.58 bits per heavy atom. The van der Waals surface area contributed by atoms with E-state index in [-0.39, 0.29) is 0 Å². The Morgan fingerprint density at radius 1 is 0.667 bits per heavy atom. The first-order valence-electron chi connectivity index (χ1n) is 4.15. The van der Waals surface area contributed by atoms with E-state index in [2.05, 4.69) is 44.2 Å². The molecule has 1 aromatic rings. The Hall–Kier alpha value is -1.30. The van der Waals surface area contributed by atoms with Crippen molar-refractivity contribution in [3.05, 3.63) is 59.7 Å². The molecule has 0 nitrogen and oxygen atoms in total. The lowest BCUT2D eigenvalue weighted by atomic mass is 10.2. The maximum atomic E-state index is 2.17. The van der Waals surface area contributed by atoms with Gasteiger partial charge in [-0.2, -0.15) is 0 Å². The van der Waals surface area contributed by atoms with E-state index >= 15 is 0 Å². The van der Waals surface area contributed by atoms with Crippen LogP contribution < -0.4 is 0 Å². The summed E-state index contributed by atoms with van der Waals surface area (Å²) in [7, 11) is 0. The zero-order chi connectivity index (χ0) is 8.81. The Labute approximate surface area is 74.2 Å². The summed E-state index contributed by atoms with van der Waals surface area (Å²) in [5.74, 6) is 0. The molecule has 0 heterocycles. The zero-order valence-electron chi connectivity index (χ0n) is 7.62. The highest BCUT2D eigenvalue weighted by molar-refractivity contribution is 5.16. The van der Waals surface area contributed by atoms with Crippen LogP contribution in [0.4, 0.5) is 0 Å². The van der Waals surface area contributed by atoms with Crippen LogP contribution in [-0.4, -0.2) is 0 Å². The minimum Gasteiger partial charge on any atom is -0.0623 e. The first-order valence-corrected chi connectivity index (χ1v) is 4.15. The van der Waals surface area contributed by atoms with Crippen LogP contribution in [0.3, 0.4) is 0 Å². The summed E-state index contributed by atoms with van der Waals surface area (Å²) in [6.45, 7) is 4.21. The van der Waals surface area contributed by atoms with Crippen molar-refractivity contribution in [1.82, 2.24) is 0 Å². The smallest absolute Gasteiger partial charge is 0.0398 e. The molecule has 0 aliphatic heterocycles. The maximum Gasteiger partial charge on any atom is -0.0398 e. The van der Waals surface area contributed by atoms with E-state index in [0.717, 1.165) is 0 Å². The van der Waals surface area contributed by atoms with Crippen LogP contribution in [0.1, 0.15) is 11.1 Å². The van der Waals surface area contributed by atoms with Gasteiger partial charge in [0.05, 0.1) is 0 Å². The van der Waals surface area contributed by atoms with Gasteiger partial charge in [-0.3, -0.25) is 0 Å². The third kappa shape index (κ3) is 3.20. The minimum absolute atomic E-state index is 1.28. The summed E-state index contributed by atoms with van der Waals surface area (Å²) in [5, 5.41) is 0. The topological polar surface area (TPSA) is 0 Å². The molecule has 1 rings (SSSR count). The predicted octanol–water partition coefficient (Wildman–Crippen LogP) is 3.43. The molecule has 0 amide bonds. The largest absolute Gasteiger partial charge is 0.0623 e. The quantitative estimate of drug-likeness (QED) is 0.542. The number of rotatable bonds is 0. The van der Waals surface area contributed by atoms with Crippen molar-refractivity contribution in [3.8, 4) is 0 Å². The van der Waals surface area contributed by atoms with Crippen LogP contribution in [0.5, 0.6) is 0 Å². The van der Waals surface area contributed by atoms with Gasteiger partial charge < -0.3 is 0 Å². The summed E-state index contributed by atoms with van der Waals surface area (Å²) >= 11 is 0. The van der Waals surface area contributed by atoms with E-state index in [1.54, 1.807) is 0 Å². The fourth-order valence-corrected chi connectivity index (χ4v) is 1.06. The van der Waals surface area contributed by atoms with Crippen LogP contribution in [0, 0.1) is 13.8 Å². The van der Waals surface area contributed by atoms with Gasteiger partial charge in [0, 0.05) is 0 Å². The van der Waals surface area contributed by atoms with E-state index in [1.165, 1.54) is 11.1 Å². The molecular formula is C12H14. The normalized spacial score (nSPS) is 8.83. The Bertz CT molecular complexity index is 271. The lowest BCUT2D eigenvalue weighted by Gasteiger charge is -1.87. The minimum atomic E-state index is 1.28. The molecule has 0 bridgehead atoms. The second-order valence-corrected chi connectivity index (χ2v) is 2.93. The second-order valence-electron chi connectivity index (χ2n) is 2.93. The summed E-state index contributed by atoms with van der Waals surface area (Å²) in [4.78, 5) is 0. The highest BCUT2D eigenvalue weighted by atomic mass is 13.8. The van der Waals surface area contributed by atoms with Gasteiger partial charge in [0.2, 0.25) is 0 Å². The lowest BCUT2D eigenvalue weighted by molar-refractivity contribution is 1.41. The predicted molar refractivity (Wildman–Crippen MR) is 53.5 cm³/mol. The molecule has 0 saturated carbocycles. The molecular weight excluding hydrogens is 144 g/mol. The molecule has 0 N–H and O–H groups in total. The molecule has 0 unspecified atom stereocenters. The highest BCUT2D eigenvalue weighted by Crippen LogP contribution is 1.96. The number of aryl methyl sites for hydroxylation is 2. The van der Waals surface area contributed by atoms with Crippen molar-refractivity contribution in [1.29, 1.82) is 0 Å². The van der Waals surface area contributed by atoms with Crippen molar-refractivity contribution in [3.63, 3.8) is 0 Å². The van der Waals surface area contributed by atoms with Crippen LogP contribution in [0.15, 0.2) is 48.5 Å². The first kappa shape index (κ1) is 8.79. The van der Waals surface area contributed by atoms with Gasteiger partial charge in [0.15, 0.2) is 0 Å². The van der Waals surface area contributed by atoms with E-state index in [0.29, 0.717) is 0 Å². The summed E-state index contributed by atoms with van der Waals surface area (Å²) in [5.41, 5.74) is 2.56. The third-order valence-corrected chi connectivity index (χ3v) is 1.62. The molecule has 62 valence electrons. The van der Waals surface area contributed by atoms with Gasteiger partial charge in [0.25, 0.3) is 0 Å². The van der Waals surface area contributed by atoms with Crippen LogP contribution in [-0.2, 0) is 0 Å². The van der Waals surface area contributed by atoms with Crippen molar-refractivity contribution >= 4 is 0 Å². The zero-order valence-corrected chi connectivity index (χ0v) is 7.62. The Morgan fingerprint density at radius 2 is 1.08 bits per heavy atom. The molecule has 1 aromatic carbocycles. The van der Waals surface area contributed by atoms with Gasteiger partial charge in [-0.1, -0.05) is 59.7 Å². The standard InChI is InChI=1S/C12H14/c1-11-8-6-4-3-5-7-9-12(2)10-11/h3-10H,1-2H3. The van der Waals surface area contributed by atoms with E-state index in [1.807, 2.05) is 18.2 Å². The molecule has 0 aliphatic rings. The van der Waals surface area contributed by atoms with Gasteiger partial charge in [-0.15, -0.1) is 0 Å². The Kier molecular flexibility index (Phi) is 3.34. The molecule has 0 heteroatoms. The average molecular weight is 158 g/mol. The van der Waals surface area contributed by atoms with Gasteiger partial charge >= 0.3 is 0 Å². The van der Waals surface area contributed by atoms with Crippen LogP contribution in [0.2, 0.25) is 0 Å². The summed E-state index contributed by atoms with van der Waals surface area (Å²) < 4.78 is 0. The summed E-state index contributed by atoms with van der Waals surface area (Å²) in [6, 6.07) is 16.6. The fraction of sp³-hybridized carbons (Fsp3) is 0.167. The van der Waals surface area contributed by atoms with E-state index < -0.39 is 0 Å². The van der Waals surface area contributed by atoms with Crippen molar-refractivity contribution in [2.45, 2.75) is 13.8 Å². The average Bonchev–Trinajstić information content (AvgIpc) is 2.02. The molecule has 12 heavy (non-hydrogen) atoms. The SMILES string of the molecule is Cc1cccccccc(C)c1. The molecule has 0 aliphatic carbocycles. The lowest BCUT2D eigenvalue weighted by Crippen LogP contribution is -1.67. The second kappa shape index (κ2) is 4.55. The van der Waals surface area contributed by atoms with Crippen molar-refractivity contribution in [2.24, 2.45) is 0 Å². The fourth-order valence-electron chi connectivity index (χ4n) is 1.06. The first-order chi connectivity index (χ1) is 5.79. The van der Waals surface area contributed by atoms with Gasteiger partial charge in [-0.05, 0) is 13.8 Å². The molecule has 0 radical (unpaired) electrons. The van der Waals surface area contributed by atoms with E-state index in [9.17, 15) is 0 Å². The van der Waals surface area contributed by atoms with E-state index in [4.69, 9.17) is 0 Å². The molecule has 0 fully saturated rings. The van der Waals surface area contributed by atoms with Crippen molar-refractivity contribution in [2.75, 3.05) is 0 Å². The maximum absolute atomic E-state index is 2.17. The highest BCUT2D eigenvalue weighted by Gasteiger charge is 1.77. The summed E-state index contributed by atoms with van der Waals surface area (Å²) in [6.07, 6.45) is 0. The van der Waals surface area contributed by atoms with Crippen molar-refractivity contribution < 1.29 is 0 Å². The monoisotopic (exact) mass is 158 g/mol. The van der Waals surface area contributed by atoms with Gasteiger partial charge in [0.1, 0.15) is 0 Å². The number of hydrogen-bond donors (Lipinski definition) is 0. The molecule has 0 atom stereocenters. The van der Waals surface area contributed by atoms with Crippen LogP contribution >= 0.6 is 0 Å². The molecule has 0 spiro atoms. The number of hydrogen-bond acceptors (Lipinski definition) is 0.